The van der Waals surface area contributed by atoms with Gasteiger partial charge in [0.25, 0.3) is 5.56 Å². The molecular weight excluding hydrogens is 424 g/mol. The normalized spacial score (nSPS) is 11.4. The van der Waals surface area contributed by atoms with Crippen LogP contribution in [0.3, 0.4) is 0 Å². The summed E-state index contributed by atoms with van der Waals surface area (Å²) in [7, 11) is 1.37. The van der Waals surface area contributed by atoms with Gasteiger partial charge in [0.1, 0.15) is 10.8 Å². The van der Waals surface area contributed by atoms with E-state index in [2.05, 4.69) is 28.7 Å². The summed E-state index contributed by atoms with van der Waals surface area (Å²) in [6, 6.07) is 14.8. The van der Waals surface area contributed by atoms with Crippen LogP contribution in [0.2, 0.25) is 0 Å². The maximum Gasteiger partial charge on any atom is 0.337 e. The Morgan fingerprint density at radius 2 is 1.84 bits per heavy atom. The zero-order chi connectivity index (χ0) is 22.7. The first-order valence-electron chi connectivity index (χ1n) is 10.3. The second kappa shape index (κ2) is 9.42. The summed E-state index contributed by atoms with van der Waals surface area (Å²) >= 11 is 1.56. The molecule has 4 rings (SSSR count). The van der Waals surface area contributed by atoms with Crippen LogP contribution in [0, 0.1) is 0 Å². The monoisotopic (exact) mass is 448 g/mol. The van der Waals surface area contributed by atoms with Crippen molar-refractivity contribution in [1.29, 1.82) is 0 Å². The molecule has 0 saturated carbocycles. The lowest BCUT2D eigenvalue weighted by atomic mass is 10.1. The molecule has 0 atom stereocenters. The van der Waals surface area contributed by atoms with E-state index in [9.17, 15) is 9.59 Å². The number of methoxy groups -OCH3 is 1. The third-order valence-electron chi connectivity index (χ3n) is 5.21. The Bertz CT molecular complexity index is 1290. The van der Waals surface area contributed by atoms with Gasteiger partial charge in [0.2, 0.25) is 0 Å². The van der Waals surface area contributed by atoms with Gasteiger partial charge in [0, 0.05) is 23.5 Å². The number of esters is 1. The van der Waals surface area contributed by atoms with E-state index in [1.807, 2.05) is 35.7 Å². The van der Waals surface area contributed by atoms with Crippen LogP contribution < -0.4 is 5.56 Å². The zero-order valence-corrected chi connectivity index (χ0v) is 19.0. The molecule has 4 aromatic rings. The minimum atomic E-state index is -0.357. The second-order valence-electron chi connectivity index (χ2n) is 7.74. The zero-order valence-electron chi connectivity index (χ0n) is 18.2. The van der Waals surface area contributed by atoms with Crippen molar-refractivity contribution in [3.8, 4) is 10.6 Å². The number of H-pyrrole nitrogens is 1. The van der Waals surface area contributed by atoms with E-state index >= 15 is 0 Å². The van der Waals surface area contributed by atoms with Crippen LogP contribution in [0.4, 0.5) is 0 Å². The number of aromatic nitrogens is 3. The topological polar surface area (TPSA) is 88.2 Å². The average molecular weight is 449 g/mol. The van der Waals surface area contributed by atoms with E-state index in [-0.39, 0.29) is 17.6 Å². The first kappa shape index (κ1) is 21.9. The SMILES string of the molecule is COC(=O)c1ccc(-c2nc(CN(Cc3nc4ccccc4c(=O)[nH]3)C(C)C)cs2)cc1. The highest BCUT2D eigenvalue weighted by Crippen LogP contribution is 2.25. The molecule has 0 radical (unpaired) electrons. The summed E-state index contributed by atoms with van der Waals surface area (Å²) < 4.78 is 4.75. The summed E-state index contributed by atoms with van der Waals surface area (Å²) in [5.74, 6) is 0.278. The van der Waals surface area contributed by atoms with Crippen molar-refractivity contribution >= 4 is 28.2 Å². The third-order valence-corrected chi connectivity index (χ3v) is 6.16. The molecule has 2 aromatic heterocycles. The highest BCUT2D eigenvalue weighted by Gasteiger charge is 2.16. The van der Waals surface area contributed by atoms with Gasteiger partial charge in [-0.25, -0.2) is 14.8 Å². The van der Waals surface area contributed by atoms with Gasteiger partial charge in [-0.2, -0.15) is 0 Å². The van der Waals surface area contributed by atoms with Gasteiger partial charge >= 0.3 is 5.97 Å². The molecule has 0 spiro atoms. The molecule has 1 N–H and O–H groups in total. The fraction of sp³-hybridized carbons (Fsp3) is 0.250. The fourth-order valence-corrected chi connectivity index (χ4v) is 4.23. The van der Waals surface area contributed by atoms with E-state index in [1.54, 1.807) is 29.5 Å². The van der Waals surface area contributed by atoms with Crippen molar-refractivity contribution < 1.29 is 9.53 Å². The number of ether oxygens (including phenoxy) is 1. The summed E-state index contributed by atoms with van der Waals surface area (Å²) in [6.45, 7) is 5.36. The Morgan fingerprint density at radius 3 is 2.56 bits per heavy atom. The molecule has 0 bridgehead atoms. The summed E-state index contributed by atoms with van der Waals surface area (Å²) in [4.78, 5) is 38.6. The van der Waals surface area contributed by atoms with Crippen LogP contribution in [-0.2, 0) is 17.8 Å². The van der Waals surface area contributed by atoms with Crippen molar-refractivity contribution in [3.63, 3.8) is 0 Å². The number of carbonyl (C=O) groups excluding carboxylic acids is 1. The summed E-state index contributed by atoms with van der Waals surface area (Å²) in [5.41, 5.74) is 2.97. The number of thiazole rings is 1. The highest BCUT2D eigenvalue weighted by atomic mass is 32.1. The van der Waals surface area contributed by atoms with Crippen molar-refractivity contribution in [2.24, 2.45) is 0 Å². The number of rotatable bonds is 7. The number of benzene rings is 2. The number of aromatic amines is 1. The molecule has 2 aromatic carbocycles. The maximum absolute atomic E-state index is 12.4. The standard InChI is InChI=1S/C24H24N4O3S/c1-15(2)28(13-21-26-20-7-5-4-6-19(20)22(29)27-21)12-18-14-32-23(25-18)16-8-10-17(11-9-16)24(30)31-3/h4-11,14-15H,12-13H2,1-3H3,(H,26,27,29). The fourth-order valence-electron chi connectivity index (χ4n) is 3.41. The molecule has 32 heavy (non-hydrogen) atoms. The Morgan fingerprint density at radius 1 is 1.09 bits per heavy atom. The lowest BCUT2D eigenvalue weighted by Gasteiger charge is -2.25. The smallest absolute Gasteiger partial charge is 0.337 e. The molecule has 0 saturated heterocycles. The number of fused-ring (bicyclic) bond motifs is 1. The Labute approximate surface area is 189 Å². The lowest BCUT2D eigenvalue weighted by Crippen LogP contribution is -2.31. The van der Waals surface area contributed by atoms with Crippen LogP contribution >= 0.6 is 11.3 Å². The first-order chi connectivity index (χ1) is 15.4. The van der Waals surface area contributed by atoms with E-state index in [0.29, 0.717) is 35.4 Å². The molecule has 0 fully saturated rings. The van der Waals surface area contributed by atoms with Gasteiger partial charge in [-0.15, -0.1) is 11.3 Å². The minimum Gasteiger partial charge on any atom is -0.465 e. The predicted octanol–water partition coefficient (Wildman–Crippen LogP) is 4.24. The maximum atomic E-state index is 12.4. The molecule has 2 heterocycles. The quantitative estimate of drug-likeness (QED) is 0.426. The lowest BCUT2D eigenvalue weighted by molar-refractivity contribution is 0.0600. The average Bonchev–Trinajstić information content (AvgIpc) is 3.27. The van der Waals surface area contributed by atoms with E-state index < -0.39 is 0 Å². The molecular formula is C24H24N4O3S. The molecule has 164 valence electrons. The van der Waals surface area contributed by atoms with Crippen LogP contribution in [0.15, 0.2) is 58.7 Å². The van der Waals surface area contributed by atoms with Gasteiger partial charge in [-0.05, 0) is 38.1 Å². The van der Waals surface area contributed by atoms with Gasteiger partial charge in [-0.3, -0.25) is 9.69 Å². The van der Waals surface area contributed by atoms with Crippen LogP contribution in [0.1, 0.15) is 35.7 Å². The Hall–Kier alpha value is -3.36. The van der Waals surface area contributed by atoms with Crippen LogP contribution in [0.5, 0.6) is 0 Å². The van der Waals surface area contributed by atoms with Gasteiger partial charge < -0.3 is 9.72 Å². The highest BCUT2D eigenvalue weighted by molar-refractivity contribution is 7.13. The van der Waals surface area contributed by atoms with E-state index in [1.165, 1.54) is 7.11 Å². The minimum absolute atomic E-state index is 0.124. The molecule has 0 aliphatic rings. The molecule has 8 heteroatoms. The number of nitrogens with zero attached hydrogens (tertiary/aromatic N) is 3. The Balaban J connectivity index is 1.51. The number of para-hydroxylation sites is 1. The van der Waals surface area contributed by atoms with Crippen molar-refractivity contribution in [2.45, 2.75) is 33.0 Å². The van der Waals surface area contributed by atoms with E-state index in [0.717, 1.165) is 16.3 Å². The van der Waals surface area contributed by atoms with Crippen molar-refractivity contribution in [3.05, 3.63) is 81.3 Å². The molecule has 7 nitrogen and oxygen atoms in total. The number of nitrogens with one attached hydrogen (secondary N) is 1. The number of carbonyl (C=O) groups is 1. The van der Waals surface area contributed by atoms with Crippen molar-refractivity contribution in [1.82, 2.24) is 19.9 Å². The van der Waals surface area contributed by atoms with Gasteiger partial charge in [0.15, 0.2) is 0 Å². The first-order valence-corrected chi connectivity index (χ1v) is 11.2. The molecule has 0 amide bonds. The van der Waals surface area contributed by atoms with Crippen LogP contribution in [0.25, 0.3) is 21.5 Å². The van der Waals surface area contributed by atoms with Crippen LogP contribution in [-0.4, -0.2) is 39.0 Å². The molecule has 0 aliphatic heterocycles. The second-order valence-corrected chi connectivity index (χ2v) is 8.60. The summed E-state index contributed by atoms with van der Waals surface area (Å²) in [6.07, 6.45) is 0. The largest absolute Gasteiger partial charge is 0.465 e. The number of hydrogen-bond donors (Lipinski definition) is 1. The predicted molar refractivity (Wildman–Crippen MR) is 126 cm³/mol. The van der Waals surface area contributed by atoms with Gasteiger partial charge in [0.05, 0.1) is 35.8 Å². The van der Waals surface area contributed by atoms with Gasteiger partial charge in [-0.1, -0.05) is 24.3 Å². The van der Waals surface area contributed by atoms with E-state index in [4.69, 9.17) is 9.72 Å². The molecule has 0 aliphatic carbocycles. The number of hydrogen-bond acceptors (Lipinski definition) is 7. The Kier molecular flexibility index (Phi) is 6.43. The van der Waals surface area contributed by atoms with Crippen molar-refractivity contribution in [2.75, 3.05) is 7.11 Å². The molecule has 0 unspecified atom stereocenters. The third kappa shape index (κ3) is 4.76. The summed E-state index contributed by atoms with van der Waals surface area (Å²) in [5, 5.41) is 3.52.